The molecule has 49 heavy (non-hydrogen) atoms. The van der Waals surface area contributed by atoms with E-state index in [1.165, 1.54) is 5.56 Å². The Bertz CT molecular complexity index is 1870. The van der Waals surface area contributed by atoms with Gasteiger partial charge in [-0.15, -0.1) is 0 Å². The average Bonchev–Trinajstić information content (AvgIpc) is 3.89. The molecule has 0 radical (unpaired) electrons. The highest BCUT2D eigenvalue weighted by molar-refractivity contribution is 6.09. The number of ether oxygens (including phenoxy) is 2. The van der Waals surface area contributed by atoms with E-state index in [2.05, 4.69) is 21.6 Å². The van der Waals surface area contributed by atoms with Crippen LogP contribution in [0.3, 0.4) is 0 Å². The molecule has 1 aromatic heterocycles. The second-order valence-corrected chi connectivity index (χ2v) is 14.7. The molecule has 0 atom stereocenters. The van der Waals surface area contributed by atoms with Crippen molar-refractivity contribution in [1.29, 1.82) is 0 Å². The van der Waals surface area contributed by atoms with Crippen molar-refractivity contribution >= 4 is 46.1 Å². The first-order valence-electron chi connectivity index (χ1n) is 16.9. The Labute approximate surface area is 287 Å². The molecule has 0 unspecified atom stereocenters. The van der Waals surface area contributed by atoms with Crippen molar-refractivity contribution in [2.45, 2.75) is 71.5 Å². The molecule has 256 valence electrons. The van der Waals surface area contributed by atoms with Crippen LogP contribution in [0.4, 0.5) is 26.7 Å². The molecular weight excluding hydrogens is 618 g/mol. The number of carbonyl (C=O) groups excluding carboxylic acids is 3. The molecule has 3 aromatic carbocycles. The highest BCUT2D eigenvalue weighted by atomic mass is 16.6. The van der Waals surface area contributed by atoms with Crippen molar-refractivity contribution in [2.75, 3.05) is 41.7 Å². The molecule has 1 aliphatic carbocycles. The number of aromatic nitrogens is 1. The lowest BCUT2D eigenvalue weighted by Gasteiger charge is -2.38. The van der Waals surface area contributed by atoms with E-state index < -0.39 is 17.3 Å². The number of hydrogen-bond acceptors (Lipinski definition) is 7. The van der Waals surface area contributed by atoms with Gasteiger partial charge in [-0.05, 0) is 95.2 Å². The number of nitrogens with one attached hydrogen (secondary N) is 2. The van der Waals surface area contributed by atoms with E-state index in [4.69, 9.17) is 14.5 Å². The van der Waals surface area contributed by atoms with Crippen LogP contribution in [0.15, 0.2) is 72.9 Å². The first-order valence-corrected chi connectivity index (χ1v) is 16.9. The molecule has 1 aliphatic heterocycles. The van der Waals surface area contributed by atoms with Crippen LogP contribution >= 0.6 is 0 Å². The molecule has 6 rings (SSSR count). The van der Waals surface area contributed by atoms with Crippen LogP contribution in [0.2, 0.25) is 0 Å². The summed E-state index contributed by atoms with van der Waals surface area (Å²) < 4.78 is 11.1. The molecule has 2 N–H and O–H groups in total. The van der Waals surface area contributed by atoms with Gasteiger partial charge in [-0.2, -0.15) is 0 Å². The first kappa shape index (κ1) is 33.8. The predicted octanol–water partition coefficient (Wildman–Crippen LogP) is 8.44. The maximum absolute atomic E-state index is 13.8. The third-order valence-corrected chi connectivity index (χ3v) is 8.39. The Balaban J connectivity index is 1.26. The normalized spacial score (nSPS) is 15.1. The molecule has 1 saturated heterocycles. The van der Waals surface area contributed by atoms with Crippen molar-refractivity contribution in [3.8, 4) is 11.1 Å². The van der Waals surface area contributed by atoms with Crippen molar-refractivity contribution in [1.82, 2.24) is 9.88 Å². The van der Waals surface area contributed by atoms with Crippen LogP contribution in [0.25, 0.3) is 22.0 Å². The quantitative estimate of drug-likeness (QED) is 0.213. The molecule has 2 fully saturated rings. The third kappa shape index (κ3) is 8.31. The van der Waals surface area contributed by atoms with Crippen LogP contribution < -0.4 is 15.5 Å². The lowest BCUT2D eigenvalue weighted by molar-refractivity contribution is 0.0240. The van der Waals surface area contributed by atoms with Gasteiger partial charge in [0.2, 0.25) is 0 Å². The first-order chi connectivity index (χ1) is 23.2. The Kier molecular flexibility index (Phi) is 9.24. The Morgan fingerprint density at radius 3 is 2.10 bits per heavy atom. The zero-order chi connectivity index (χ0) is 34.9. The average molecular weight is 664 g/mol. The van der Waals surface area contributed by atoms with Crippen LogP contribution in [0, 0.1) is 0 Å². The Morgan fingerprint density at radius 1 is 0.755 bits per heavy atom. The highest BCUT2D eigenvalue weighted by Crippen LogP contribution is 2.46. The number of rotatable bonds is 6. The summed E-state index contributed by atoms with van der Waals surface area (Å²) in [5.74, 6) is 0.131. The smallest absolute Gasteiger partial charge is 0.412 e. The molecule has 0 bridgehead atoms. The minimum absolute atomic E-state index is 0.292. The second kappa shape index (κ2) is 13.4. The van der Waals surface area contributed by atoms with Gasteiger partial charge in [0.15, 0.2) is 0 Å². The van der Waals surface area contributed by atoms with Crippen molar-refractivity contribution < 1.29 is 23.9 Å². The van der Waals surface area contributed by atoms with Gasteiger partial charge in [-0.3, -0.25) is 15.1 Å². The number of hydrogen-bond donors (Lipinski definition) is 2. The van der Waals surface area contributed by atoms with E-state index in [-0.39, 0.29) is 12.0 Å². The molecule has 10 nitrogen and oxygen atoms in total. The number of benzene rings is 3. The maximum atomic E-state index is 13.8. The minimum Gasteiger partial charge on any atom is -0.444 e. The van der Waals surface area contributed by atoms with E-state index >= 15 is 0 Å². The standard InChI is InChI=1S/C39H45N5O5/c1-38(2,3)48-36(46)42-31-17-15-27(25-10-8-7-9-11-25)23-32(31)41-35(45)29-22-28-14-16-30(26-12-13-26)34(33(28)40-24-29)43-18-20-44(21-19-43)37(47)49-39(4,5)6/h7-11,14-17,22-24,26H,12-13,18-21H2,1-6H3,(H,41,45)(H,42,46). The minimum atomic E-state index is -0.682. The molecule has 3 amide bonds. The lowest BCUT2D eigenvalue weighted by Crippen LogP contribution is -2.50. The maximum Gasteiger partial charge on any atom is 0.412 e. The van der Waals surface area contributed by atoms with E-state index in [0.29, 0.717) is 49.0 Å². The largest absolute Gasteiger partial charge is 0.444 e. The van der Waals surface area contributed by atoms with Gasteiger partial charge in [0.25, 0.3) is 5.91 Å². The Morgan fingerprint density at radius 2 is 1.45 bits per heavy atom. The number of amides is 3. The number of fused-ring (bicyclic) bond motifs is 1. The molecule has 4 aromatic rings. The Hall–Kier alpha value is -5.12. The fraction of sp³-hybridized carbons (Fsp3) is 0.385. The molecule has 2 heterocycles. The summed E-state index contributed by atoms with van der Waals surface area (Å²) in [6.45, 7) is 13.4. The summed E-state index contributed by atoms with van der Waals surface area (Å²) in [6.07, 6.45) is 2.97. The summed E-state index contributed by atoms with van der Waals surface area (Å²) in [7, 11) is 0. The highest BCUT2D eigenvalue weighted by Gasteiger charge is 2.32. The predicted molar refractivity (Wildman–Crippen MR) is 193 cm³/mol. The topological polar surface area (TPSA) is 113 Å². The second-order valence-electron chi connectivity index (χ2n) is 14.7. The monoisotopic (exact) mass is 663 g/mol. The summed E-state index contributed by atoms with van der Waals surface area (Å²) in [4.78, 5) is 48.1. The molecule has 2 aliphatic rings. The van der Waals surface area contributed by atoms with Crippen LogP contribution in [-0.2, 0) is 9.47 Å². The van der Waals surface area contributed by atoms with Gasteiger partial charge in [-0.1, -0.05) is 48.5 Å². The summed E-state index contributed by atoms with van der Waals surface area (Å²) >= 11 is 0. The van der Waals surface area contributed by atoms with Gasteiger partial charge in [-0.25, -0.2) is 9.59 Å². The van der Waals surface area contributed by atoms with E-state index in [1.807, 2.05) is 75.4 Å². The zero-order valence-electron chi connectivity index (χ0n) is 29.1. The fourth-order valence-electron chi connectivity index (χ4n) is 6.00. The van der Waals surface area contributed by atoms with E-state index in [0.717, 1.165) is 40.6 Å². The molecular formula is C39H45N5O5. The number of nitrogens with zero attached hydrogens (tertiary/aromatic N) is 3. The third-order valence-electron chi connectivity index (χ3n) is 8.39. The number of carbonyl (C=O) groups is 3. The number of pyridine rings is 1. The van der Waals surface area contributed by atoms with Crippen LogP contribution in [-0.4, -0.2) is 65.4 Å². The van der Waals surface area contributed by atoms with Gasteiger partial charge in [0.1, 0.15) is 11.2 Å². The van der Waals surface area contributed by atoms with Gasteiger partial charge >= 0.3 is 12.2 Å². The van der Waals surface area contributed by atoms with Crippen molar-refractivity contribution in [3.63, 3.8) is 0 Å². The fourth-order valence-corrected chi connectivity index (χ4v) is 6.00. The number of piperazine rings is 1. The van der Waals surface area contributed by atoms with Gasteiger partial charge in [0, 0.05) is 37.8 Å². The summed E-state index contributed by atoms with van der Waals surface area (Å²) in [5, 5.41) is 6.65. The molecule has 10 heteroatoms. The summed E-state index contributed by atoms with van der Waals surface area (Å²) in [6, 6.07) is 21.4. The number of anilines is 3. The SMILES string of the molecule is CC(C)(C)OC(=O)Nc1ccc(-c2ccccc2)cc1NC(=O)c1cnc2c(N3CCN(C(=O)OC(C)(C)C)CC3)c(C3CC3)ccc2c1. The molecule has 1 saturated carbocycles. The summed E-state index contributed by atoms with van der Waals surface area (Å²) in [5.41, 5.74) is 5.05. The van der Waals surface area contributed by atoms with Crippen molar-refractivity contribution in [3.05, 3.63) is 84.1 Å². The van der Waals surface area contributed by atoms with Crippen LogP contribution in [0.1, 0.15) is 76.2 Å². The van der Waals surface area contributed by atoms with E-state index in [9.17, 15) is 14.4 Å². The van der Waals surface area contributed by atoms with E-state index in [1.54, 1.807) is 37.9 Å². The van der Waals surface area contributed by atoms with Crippen molar-refractivity contribution in [2.24, 2.45) is 0 Å². The van der Waals surface area contributed by atoms with Crippen LogP contribution in [0.5, 0.6) is 0 Å². The van der Waals surface area contributed by atoms with Gasteiger partial charge < -0.3 is 24.6 Å². The van der Waals surface area contributed by atoms with Gasteiger partial charge in [0.05, 0.1) is 28.1 Å². The zero-order valence-corrected chi connectivity index (χ0v) is 29.1. The lowest BCUT2D eigenvalue weighted by atomic mass is 10.0. The molecule has 0 spiro atoms.